The van der Waals surface area contributed by atoms with Gasteiger partial charge < -0.3 is 5.73 Å². The number of rotatable bonds is 3. The molecule has 0 aliphatic rings. The smallest absolute Gasteiger partial charge is 0.0548 e. The second kappa shape index (κ2) is 4.80. The zero-order chi connectivity index (χ0) is 9.84. The van der Waals surface area contributed by atoms with Crippen LogP contribution >= 0.6 is 27.5 Å². The standard InChI is InChI=1S/C10H11BrClN/c1-2-3-10(13)7-4-5-9(12)8(11)6-7/h2,4-6,10H,1,3,13H2. The van der Waals surface area contributed by atoms with Gasteiger partial charge in [-0.1, -0.05) is 23.7 Å². The highest BCUT2D eigenvalue weighted by Crippen LogP contribution is 2.26. The number of nitrogens with two attached hydrogens (primary N) is 1. The van der Waals surface area contributed by atoms with E-state index in [9.17, 15) is 0 Å². The van der Waals surface area contributed by atoms with Crippen LogP contribution in [0.3, 0.4) is 0 Å². The van der Waals surface area contributed by atoms with E-state index >= 15 is 0 Å². The lowest BCUT2D eigenvalue weighted by atomic mass is 10.1. The van der Waals surface area contributed by atoms with Gasteiger partial charge in [-0.25, -0.2) is 0 Å². The predicted molar refractivity (Wildman–Crippen MR) is 60.9 cm³/mol. The van der Waals surface area contributed by atoms with Crippen LogP contribution in [0.1, 0.15) is 18.0 Å². The van der Waals surface area contributed by atoms with Crippen LogP contribution < -0.4 is 5.73 Å². The second-order valence-electron chi connectivity index (χ2n) is 2.80. The Bertz CT molecular complexity index is 312. The van der Waals surface area contributed by atoms with Crippen molar-refractivity contribution in [1.82, 2.24) is 0 Å². The first kappa shape index (κ1) is 10.8. The Balaban J connectivity index is 2.89. The molecule has 0 aromatic heterocycles. The summed E-state index contributed by atoms with van der Waals surface area (Å²) >= 11 is 9.21. The molecule has 1 unspecified atom stereocenters. The molecule has 2 N–H and O–H groups in total. The third-order valence-corrected chi connectivity index (χ3v) is 3.01. The maximum atomic E-state index is 5.89. The Labute approximate surface area is 91.7 Å². The van der Waals surface area contributed by atoms with Gasteiger partial charge in [0, 0.05) is 10.5 Å². The zero-order valence-corrected chi connectivity index (χ0v) is 9.48. The zero-order valence-electron chi connectivity index (χ0n) is 7.13. The van der Waals surface area contributed by atoms with Gasteiger partial charge >= 0.3 is 0 Å². The summed E-state index contributed by atoms with van der Waals surface area (Å²) in [6.07, 6.45) is 2.58. The maximum absolute atomic E-state index is 5.89. The van der Waals surface area contributed by atoms with Crippen LogP contribution in [0.5, 0.6) is 0 Å². The van der Waals surface area contributed by atoms with Crippen LogP contribution in [0.4, 0.5) is 0 Å². The molecule has 0 spiro atoms. The van der Waals surface area contributed by atoms with E-state index < -0.39 is 0 Å². The summed E-state index contributed by atoms with van der Waals surface area (Å²) in [6.45, 7) is 3.65. The third-order valence-electron chi connectivity index (χ3n) is 1.79. The summed E-state index contributed by atoms with van der Waals surface area (Å²) in [5.41, 5.74) is 6.96. The van der Waals surface area contributed by atoms with E-state index in [2.05, 4.69) is 22.5 Å². The van der Waals surface area contributed by atoms with Crippen molar-refractivity contribution >= 4 is 27.5 Å². The molecule has 0 amide bonds. The lowest BCUT2D eigenvalue weighted by Crippen LogP contribution is -2.08. The van der Waals surface area contributed by atoms with Crippen LogP contribution in [0.15, 0.2) is 35.3 Å². The molecule has 0 aliphatic heterocycles. The summed E-state index contributed by atoms with van der Waals surface area (Å²) in [6, 6.07) is 5.72. The minimum absolute atomic E-state index is 0.00562. The highest BCUT2D eigenvalue weighted by Gasteiger charge is 2.05. The molecule has 1 atom stereocenters. The van der Waals surface area contributed by atoms with E-state index in [0.717, 1.165) is 16.5 Å². The summed E-state index contributed by atoms with van der Waals surface area (Å²) in [7, 11) is 0. The number of hydrogen-bond donors (Lipinski definition) is 1. The largest absolute Gasteiger partial charge is 0.324 e. The quantitative estimate of drug-likeness (QED) is 0.825. The first-order chi connectivity index (χ1) is 6.15. The molecule has 13 heavy (non-hydrogen) atoms. The SMILES string of the molecule is C=CCC(N)c1ccc(Cl)c(Br)c1. The van der Waals surface area contributed by atoms with Gasteiger partial charge in [-0.2, -0.15) is 0 Å². The van der Waals surface area contributed by atoms with E-state index in [1.54, 1.807) is 0 Å². The first-order valence-corrected chi connectivity index (χ1v) is 5.13. The van der Waals surface area contributed by atoms with Crippen molar-refractivity contribution in [2.75, 3.05) is 0 Å². The van der Waals surface area contributed by atoms with Crippen molar-refractivity contribution in [3.05, 3.63) is 45.9 Å². The molecule has 0 heterocycles. The predicted octanol–water partition coefficient (Wildman–Crippen LogP) is 3.68. The summed E-state index contributed by atoms with van der Waals surface area (Å²) in [4.78, 5) is 0. The molecule has 0 radical (unpaired) electrons. The summed E-state index contributed by atoms with van der Waals surface area (Å²) < 4.78 is 0.881. The van der Waals surface area contributed by atoms with Gasteiger partial charge in [0.15, 0.2) is 0 Å². The van der Waals surface area contributed by atoms with Gasteiger partial charge in [-0.3, -0.25) is 0 Å². The van der Waals surface area contributed by atoms with Crippen molar-refractivity contribution in [1.29, 1.82) is 0 Å². The number of hydrogen-bond acceptors (Lipinski definition) is 1. The van der Waals surface area contributed by atoms with Crippen LogP contribution in [-0.2, 0) is 0 Å². The minimum Gasteiger partial charge on any atom is -0.324 e. The van der Waals surface area contributed by atoms with Crippen LogP contribution in [0, 0.1) is 0 Å². The highest BCUT2D eigenvalue weighted by molar-refractivity contribution is 9.10. The average molecular weight is 261 g/mol. The minimum atomic E-state index is 0.00562. The number of halogens is 2. The van der Waals surface area contributed by atoms with Crippen molar-refractivity contribution < 1.29 is 0 Å². The van der Waals surface area contributed by atoms with Crippen molar-refractivity contribution in [3.63, 3.8) is 0 Å². The first-order valence-electron chi connectivity index (χ1n) is 3.96. The molecule has 1 nitrogen and oxygen atoms in total. The molecule has 0 saturated carbocycles. The Morgan fingerprint density at radius 1 is 1.62 bits per heavy atom. The van der Waals surface area contributed by atoms with Crippen molar-refractivity contribution in [3.8, 4) is 0 Å². The molecular formula is C10H11BrClN. The molecule has 0 fully saturated rings. The molecule has 1 aromatic carbocycles. The lowest BCUT2D eigenvalue weighted by molar-refractivity contribution is 0.741. The molecule has 1 rings (SSSR count). The van der Waals surface area contributed by atoms with Gasteiger partial charge in [-0.15, -0.1) is 6.58 Å². The third kappa shape index (κ3) is 2.83. The van der Waals surface area contributed by atoms with Crippen molar-refractivity contribution in [2.24, 2.45) is 5.73 Å². The fourth-order valence-corrected chi connectivity index (χ4v) is 1.57. The maximum Gasteiger partial charge on any atom is 0.0548 e. The Morgan fingerprint density at radius 2 is 2.31 bits per heavy atom. The molecule has 1 aromatic rings. The van der Waals surface area contributed by atoms with E-state index in [-0.39, 0.29) is 6.04 Å². The van der Waals surface area contributed by atoms with E-state index in [1.807, 2.05) is 24.3 Å². The Morgan fingerprint density at radius 3 is 2.85 bits per heavy atom. The molecule has 3 heteroatoms. The topological polar surface area (TPSA) is 26.0 Å². The van der Waals surface area contributed by atoms with Crippen LogP contribution in [0.25, 0.3) is 0 Å². The van der Waals surface area contributed by atoms with Gasteiger partial charge in [0.25, 0.3) is 0 Å². The van der Waals surface area contributed by atoms with E-state index in [1.165, 1.54) is 0 Å². The van der Waals surface area contributed by atoms with Gasteiger partial charge in [0.1, 0.15) is 0 Å². The van der Waals surface area contributed by atoms with Gasteiger partial charge in [0.2, 0.25) is 0 Å². The monoisotopic (exact) mass is 259 g/mol. The fourth-order valence-electron chi connectivity index (χ4n) is 1.06. The Kier molecular flexibility index (Phi) is 3.97. The van der Waals surface area contributed by atoms with E-state index in [4.69, 9.17) is 17.3 Å². The molecule has 0 saturated heterocycles. The molecule has 70 valence electrons. The highest BCUT2D eigenvalue weighted by atomic mass is 79.9. The second-order valence-corrected chi connectivity index (χ2v) is 4.07. The summed E-state index contributed by atoms with van der Waals surface area (Å²) in [5.74, 6) is 0. The van der Waals surface area contributed by atoms with Gasteiger partial charge in [0.05, 0.1) is 5.02 Å². The normalized spacial score (nSPS) is 12.5. The van der Waals surface area contributed by atoms with E-state index in [0.29, 0.717) is 5.02 Å². The lowest BCUT2D eigenvalue weighted by Gasteiger charge is -2.09. The average Bonchev–Trinajstić information content (AvgIpc) is 2.10. The van der Waals surface area contributed by atoms with Gasteiger partial charge in [-0.05, 0) is 40.0 Å². The number of benzene rings is 1. The fraction of sp³-hybridized carbons (Fsp3) is 0.200. The van der Waals surface area contributed by atoms with Crippen LogP contribution in [0.2, 0.25) is 5.02 Å². The molecular weight excluding hydrogens is 249 g/mol. The molecule has 0 aliphatic carbocycles. The van der Waals surface area contributed by atoms with Crippen molar-refractivity contribution in [2.45, 2.75) is 12.5 Å². The van der Waals surface area contributed by atoms with Crippen LogP contribution in [-0.4, -0.2) is 0 Å². The Hall–Kier alpha value is -0.310. The molecule has 0 bridgehead atoms. The summed E-state index contributed by atoms with van der Waals surface area (Å²) in [5, 5.41) is 0.703.